The fourth-order valence-electron chi connectivity index (χ4n) is 7.89. The highest BCUT2D eigenvalue weighted by Gasteiger charge is 2.55. The van der Waals surface area contributed by atoms with Gasteiger partial charge in [0.2, 0.25) is 5.91 Å². The van der Waals surface area contributed by atoms with Gasteiger partial charge in [-0.1, -0.05) is 61.7 Å². The number of carbonyl (C=O) groups is 1. The number of nitrogens with two attached hydrogens (primary N) is 1. The van der Waals surface area contributed by atoms with E-state index >= 15 is 0 Å². The number of aryl methyl sites for hydroxylation is 1. The van der Waals surface area contributed by atoms with Crippen LogP contribution >= 0.6 is 0 Å². The molecular weight excluding hydrogens is 468 g/mol. The van der Waals surface area contributed by atoms with Crippen molar-refractivity contribution in [3.63, 3.8) is 0 Å². The number of nitrogens with zero attached hydrogens (tertiary/aromatic N) is 1. The number of quaternary nitrogens is 1. The van der Waals surface area contributed by atoms with Gasteiger partial charge in [0.25, 0.3) is 0 Å². The second-order valence-corrected chi connectivity index (χ2v) is 11.7. The van der Waals surface area contributed by atoms with Gasteiger partial charge in [0.15, 0.2) is 0 Å². The Balaban J connectivity index is 0.00000267. The molecule has 1 amide bonds. The van der Waals surface area contributed by atoms with Crippen LogP contribution in [0, 0.1) is 18.8 Å². The van der Waals surface area contributed by atoms with Crippen molar-refractivity contribution in [3.05, 3.63) is 65.2 Å². The van der Waals surface area contributed by atoms with Crippen LogP contribution in [0.4, 0.5) is 0 Å². The van der Waals surface area contributed by atoms with Crippen molar-refractivity contribution in [2.45, 2.75) is 75.7 Å². The predicted octanol–water partition coefficient (Wildman–Crippen LogP) is 1.57. The third kappa shape index (κ3) is 4.56. The molecule has 2 saturated heterocycles. The van der Waals surface area contributed by atoms with Gasteiger partial charge in [-0.2, -0.15) is 0 Å². The lowest BCUT2D eigenvalue weighted by molar-refractivity contribution is -0.640. The van der Waals surface area contributed by atoms with Crippen LogP contribution in [0.25, 0.3) is 0 Å². The number of fused-ring (bicyclic) bond motifs is 2. The highest BCUT2D eigenvalue weighted by molar-refractivity contribution is 5.82. The van der Waals surface area contributed by atoms with E-state index in [0.717, 1.165) is 51.3 Å². The topological polar surface area (TPSA) is 46.1 Å². The third-order valence-electron chi connectivity index (χ3n) is 9.75. The minimum Gasteiger partial charge on any atom is -1.00 e. The second-order valence-electron chi connectivity index (χ2n) is 11.7. The Morgan fingerprint density at radius 3 is 2.67 bits per heavy atom. The third-order valence-corrected chi connectivity index (χ3v) is 9.75. The molecule has 0 bridgehead atoms. The number of likely N-dealkylation sites (tertiary alicyclic amines) is 1. The Bertz CT molecular complexity index is 1050. The summed E-state index contributed by atoms with van der Waals surface area (Å²) in [5.74, 6) is 2.71. The van der Waals surface area contributed by atoms with Crippen LogP contribution in [0.15, 0.2) is 48.5 Å². The molecule has 1 saturated carbocycles. The Morgan fingerprint density at radius 1 is 1.06 bits per heavy atom. The van der Waals surface area contributed by atoms with Gasteiger partial charge in [-0.3, -0.25) is 4.79 Å². The number of piperidine rings is 1. The van der Waals surface area contributed by atoms with Crippen molar-refractivity contribution >= 4 is 5.91 Å². The van der Waals surface area contributed by atoms with E-state index < -0.39 is 0 Å². The van der Waals surface area contributed by atoms with Crippen molar-refractivity contribution in [2.75, 3.05) is 26.2 Å². The van der Waals surface area contributed by atoms with Crippen LogP contribution in [-0.4, -0.2) is 43.1 Å². The molecule has 2 aromatic rings. The maximum Gasteiger partial charge on any atom is 0.232 e. The minimum atomic E-state index is -0.0915. The average Bonchev–Trinajstić information content (AvgIpc) is 3.32. The van der Waals surface area contributed by atoms with Crippen molar-refractivity contribution in [1.82, 2.24) is 4.90 Å². The van der Waals surface area contributed by atoms with Crippen LogP contribution in [0.2, 0.25) is 0 Å². The molecule has 0 unspecified atom stereocenters. The molecule has 3 aliphatic heterocycles. The molecule has 1 spiro atoms. The molecule has 4 nitrogen and oxygen atoms in total. The Morgan fingerprint density at radius 2 is 1.86 bits per heavy atom. The lowest BCUT2D eigenvalue weighted by Crippen LogP contribution is -3.00. The molecule has 0 aromatic heterocycles. The van der Waals surface area contributed by atoms with Crippen molar-refractivity contribution in [1.29, 1.82) is 0 Å². The standard InChI is InChI=1S/C31H40N2O2.ClH/c1-22-12-13-26-29(18-22)35-17-15-31(26)21-32-20-27(31)30(34)33-16-14-25(23-8-4-2-5-9-23)19-28(33)24-10-6-3-7-11-24;/h2,4-5,8-9,12-13,18,24-25,27-28,32H,3,6-7,10-11,14-17,19-21H2,1H3;1H/t25-,27+,28+,31+;/m1./s1. The number of ether oxygens (including phenoxy) is 1. The first-order chi connectivity index (χ1) is 17.2. The van der Waals surface area contributed by atoms with Crippen LogP contribution in [0.1, 0.15) is 74.0 Å². The molecule has 1 aliphatic carbocycles. The van der Waals surface area contributed by atoms with Gasteiger partial charge >= 0.3 is 0 Å². The highest BCUT2D eigenvalue weighted by atomic mass is 35.5. The smallest absolute Gasteiger partial charge is 0.232 e. The van der Waals surface area contributed by atoms with Gasteiger partial charge in [0, 0.05) is 18.2 Å². The number of amides is 1. The fraction of sp³-hybridized carbons (Fsp3) is 0.581. The summed E-state index contributed by atoms with van der Waals surface area (Å²) in [6.07, 6.45) is 9.74. The Kier molecular flexibility index (Phi) is 7.65. The average molecular weight is 509 g/mol. The lowest BCUT2D eigenvalue weighted by atomic mass is 9.67. The predicted molar refractivity (Wildman–Crippen MR) is 139 cm³/mol. The van der Waals surface area contributed by atoms with Gasteiger partial charge in [0.05, 0.1) is 25.1 Å². The summed E-state index contributed by atoms with van der Waals surface area (Å²) >= 11 is 0. The zero-order valence-corrected chi connectivity index (χ0v) is 22.4. The molecule has 2 aromatic carbocycles. The molecule has 2 N–H and O–H groups in total. The summed E-state index contributed by atoms with van der Waals surface area (Å²) < 4.78 is 6.11. The summed E-state index contributed by atoms with van der Waals surface area (Å²) in [6, 6.07) is 18.1. The molecule has 3 fully saturated rings. The van der Waals surface area contributed by atoms with E-state index in [0.29, 0.717) is 23.8 Å². The van der Waals surface area contributed by atoms with E-state index in [2.05, 4.69) is 65.7 Å². The van der Waals surface area contributed by atoms with Gasteiger partial charge < -0.3 is 27.4 Å². The van der Waals surface area contributed by atoms with E-state index in [9.17, 15) is 4.79 Å². The molecular formula is C31H41ClN2O2. The quantitative estimate of drug-likeness (QED) is 0.684. The van der Waals surface area contributed by atoms with E-state index in [4.69, 9.17) is 4.74 Å². The monoisotopic (exact) mass is 508 g/mol. The molecule has 3 heterocycles. The SMILES string of the molecule is Cc1ccc2c(c1)OCC[C@]21C[NH2+]C[C@H]1C(=O)N1CC[C@@H](c2ccccc2)C[C@H]1C1CCCCC1.[Cl-]. The van der Waals surface area contributed by atoms with Gasteiger partial charge in [-0.05, 0) is 68.1 Å². The zero-order chi connectivity index (χ0) is 23.8. The maximum atomic E-state index is 14.5. The number of halogens is 1. The molecule has 0 radical (unpaired) electrons. The van der Waals surface area contributed by atoms with Crippen molar-refractivity contribution in [3.8, 4) is 5.75 Å². The van der Waals surface area contributed by atoms with E-state index in [-0.39, 0.29) is 23.7 Å². The lowest BCUT2D eigenvalue weighted by Gasteiger charge is -2.47. The molecule has 194 valence electrons. The second kappa shape index (κ2) is 10.8. The van der Waals surface area contributed by atoms with Crippen LogP contribution < -0.4 is 22.5 Å². The van der Waals surface area contributed by atoms with Gasteiger partial charge in [-0.25, -0.2) is 0 Å². The van der Waals surface area contributed by atoms with E-state index in [1.807, 2.05) is 0 Å². The zero-order valence-electron chi connectivity index (χ0n) is 21.6. The molecule has 6 rings (SSSR count). The molecule has 4 aliphatic rings. The number of hydrogen-bond acceptors (Lipinski definition) is 2. The summed E-state index contributed by atoms with van der Waals surface area (Å²) in [5, 5.41) is 2.39. The van der Waals surface area contributed by atoms with Crippen molar-refractivity contribution < 1.29 is 27.3 Å². The highest BCUT2D eigenvalue weighted by Crippen LogP contribution is 2.47. The fourth-order valence-corrected chi connectivity index (χ4v) is 7.89. The normalized spacial score (nSPS) is 30.4. The van der Waals surface area contributed by atoms with Crippen molar-refractivity contribution in [2.24, 2.45) is 11.8 Å². The number of rotatable bonds is 3. The first-order valence-electron chi connectivity index (χ1n) is 14.1. The van der Waals surface area contributed by atoms with Crippen LogP contribution in [0.5, 0.6) is 5.75 Å². The Labute approximate surface area is 222 Å². The molecule has 5 heteroatoms. The molecule has 36 heavy (non-hydrogen) atoms. The van der Waals surface area contributed by atoms with E-state index in [1.54, 1.807) is 0 Å². The van der Waals surface area contributed by atoms with E-state index in [1.165, 1.54) is 48.8 Å². The number of benzene rings is 2. The number of hydrogen-bond donors (Lipinski definition) is 1. The largest absolute Gasteiger partial charge is 1.00 e. The minimum absolute atomic E-state index is 0. The summed E-state index contributed by atoms with van der Waals surface area (Å²) in [7, 11) is 0. The first kappa shape index (κ1) is 25.6. The van der Waals surface area contributed by atoms with Gasteiger partial charge in [0.1, 0.15) is 11.7 Å². The summed E-state index contributed by atoms with van der Waals surface area (Å²) in [5.41, 5.74) is 3.87. The maximum absolute atomic E-state index is 14.5. The molecule has 4 atom stereocenters. The summed E-state index contributed by atoms with van der Waals surface area (Å²) in [4.78, 5) is 16.9. The summed E-state index contributed by atoms with van der Waals surface area (Å²) in [6.45, 7) is 5.65. The Hall–Kier alpha value is -2.04. The van der Waals surface area contributed by atoms with Crippen LogP contribution in [-0.2, 0) is 10.2 Å². The first-order valence-corrected chi connectivity index (χ1v) is 14.1. The van der Waals surface area contributed by atoms with Crippen LogP contribution in [0.3, 0.4) is 0 Å². The number of carbonyl (C=O) groups excluding carboxylic acids is 1. The van der Waals surface area contributed by atoms with Gasteiger partial charge in [-0.15, -0.1) is 0 Å².